The number of para-hydroxylation sites is 1. The quantitative estimate of drug-likeness (QED) is 0.807. The predicted molar refractivity (Wildman–Crippen MR) is 124 cm³/mol. The van der Waals surface area contributed by atoms with Crippen molar-refractivity contribution in [1.29, 1.82) is 5.26 Å². The number of anilines is 2. The number of urea groups is 1. The number of rotatable bonds is 3. The highest BCUT2D eigenvalue weighted by Gasteiger charge is 2.32. The van der Waals surface area contributed by atoms with Crippen molar-refractivity contribution in [3.63, 3.8) is 0 Å². The van der Waals surface area contributed by atoms with Crippen molar-refractivity contribution in [2.45, 2.75) is 19.8 Å². The maximum absolute atomic E-state index is 13.1. The number of amides is 3. The zero-order valence-electron chi connectivity index (χ0n) is 18.5. The minimum atomic E-state index is -0.105. The summed E-state index contributed by atoms with van der Waals surface area (Å²) >= 11 is 0. The van der Waals surface area contributed by atoms with Crippen molar-refractivity contribution in [2.24, 2.45) is 5.92 Å². The summed E-state index contributed by atoms with van der Waals surface area (Å²) in [5.41, 5.74) is 3.51. The van der Waals surface area contributed by atoms with E-state index in [4.69, 9.17) is 0 Å². The Morgan fingerprint density at radius 2 is 1.66 bits per heavy atom. The third-order valence-corrected chi connectivity index (χ3v) is 6.36. The zero-order valence-corrected chi connectivity index (χ0v) is 18.5. The Kier molecular flexibility index (Phi) is 6.60. The van der Waals surface area contributed by atoms with Crippen LogP contribution in [0.4, 0.5) is 16.2 Å². The molecule has 0 bridgehead atoms. The third kappa shape index (κ3) is 4.86. The molecule has 0 aliphatic carbocycles. The van der Waals surface area contributed by atoms with Crippen LogP contribution in [0, 0.1) is 24.2 Å². The molecule has 0 spiro atoms. The van der Waals surface area contributed by atoms with E-state index in [2.05, 4.69) is 16.3 Å². The van der Waals surface area contributed by atoms with E-state index in [0.29, 0.717) is 44.6 Å². The number of benzene rings is 2. The summed E-state index contributed by atoms with van der Waals surface area (Å²) in [5.74, 6) is 0.160. The second-order valence-corrected chi connectivity index (χ2v) is 8.50. The van der Waals surface area contributed by atoms with Gasteiger partial charge in [-0.15, -0.1) is 0 Å². The van der Waals surface area contributed by atoms with E-state index in [0.717, 1.165) is 30.0 Å². The number of hydrogen-bond acceptors (Lipinski definition) is 4. The molecule has 2 aromatic rings. The lowest BCUT2D eigenvalue weighted by Gasteiger charge is -2.39. The number of nitriles is 1. The highest BCUT2D eigenvalue weighted by molar-refractivity contribution is 5.89. The molecule has 4 rings (SSSR count). The number of nitrogens with one attached hydrogen (secondary N) is 1. The highest BCUT2D eigenvalue weighted by Crippen LogP contribution is 2.24. The molecule has 0 atom stereocenters. The van der Waals surface area contributed by atoms with Crippen LogP contribution in [0.1, 0.15) is 24.0 Å². The van der Waals surface area contributed by atoms with E-state index in [1.807, 2.05) is 60.4 Å². The molecule has 2 saturated heterocycles. The Morgan fingerprint density at radius 3 is 2.34 bits per heavy atom. The van der Waals surface area contributed by atoms with Crippen molar-refractivity contribution in [3.05, 3.63) is 59.7 Å². The Bertz CT molecular complexity index is 1010. The van der Waals surface area contributed by atoms with Crippen LogP contribution in [0.25, 0.3) is 0 Å². The summed E-state index contributed by atoms with van der Waals surface area (Å²) in [5, 5.41) is 12.3. The third-order valence-electron chi connectivity index (χ3n) is 6.36. The van der Waals surface area contributed by atoms with Gasteiger partial charge in [-0.05, 0) is 49.6 Å². The van der Waals surface area contributed by atoms with Gasteiger partial charge in [0.05, 0.1) is 11.3 Å². The summed E-state index contributed by atoms with van der Waals surface area (Å²) in [6, 6.07) is 17.5. The first-order chi connectivity index (χ1) is 15.5. The van der Waals surface area contributed by atoms with Gasteiger partial charge in [0.25, 0.3) is 0 Å². The van der Waals surface area contributed by atoms with Gasteiger partial charge in [-0.2, -0.15) is 5.26 Å². The van der Waals surface area contributed by atoms with Crippen LogP contribution in [0.2, 0.25) is 0 Å². The Labute approximate surface area is 189 Å². The molecule has 2 fully saturated rings. The van der Waals surface area contributed by atoms with Gasteiger partial charge in [-0.25, -0.2) is 4.79 Å². The van der Waals surface area contributed by atoms with Gasteiger partial charge in [0, 0.05) is 50.9 Å². The average Bonchev–Trinajstić information content (AvgIpc) is 2.84. The van der Waals surface area contributed by atoms with Crippen molar-refractivity contribution >= 4 is 23.3 Å². The Morgan fingerprint density at radius 1 is 0.938 bits per heavy atom. The molecule has 1 N–H and O–H groups in total. The van der Waals surface area contributed by atoms with Gasteiger partial charge < -0.3 is 20.0 Å². The Balaban J connectivity index is 1.26. The van der Waals surface area contributed by atoms with Crippen LogP contribution in [0.5, 0.6) is 0 Å². The van der Waals surface area contributed by atoms with E-state index in [1.54, 1.807) is 4.90 Å². The normalized spacial score (nSPS) is 17.1. The average molecular weight is 432 g/mol. The number of piperazine rings is 1. The molecule has 7 heteroatoms. The van der Waals surface area contributed by atoms with Crippen LogP contribution < -0.4 is 10.2 Å². The molecule has 2 heterocycles. The number of carbonyl (C=O) groups is 2. The summed E-state index contributed by atoms with van der Waals surface area (Å²) in [6.07, 6.45) is 1.38. The standard InChI is InChI=1S/C25H29N5O2/c1-19-5-4-7-22(17-19)27-25(32)30-11-9-20(10-12-30)24(31)29-15-13-28(14-16-29)23-8-3-2-6-21(23)18-26/h2-8,17,20H,9-16H2,1H3,(H,27,32). The maximum atomic E-state index is 13.1. The molecule has 7 nitrogen and oxygen atoms in total. The van der Waals surface area contributed by atoms with E-state index in [-0.39, 0.29) is 17.9 Å². The summed E-state index contributed by atoms with van der Waals surface area (Å²) in [7, 11) is 0. The number of likely N-dealkylation sites (tertiary alicyclic amines) is 1. The predicted octanol–water partition coefficient (Wildman–Crippen LogP) is 3.46. The van der Waals surface area contributed by atoms with Crippen LogP contribution in [0.15, 0.2) is 48.5 Å². The first-order valence-electron chi connectivity index (χ1n) is 11.2. The number of carbonyl (C=O) groups excluding carboxylic acids is 2. The largest absolute Gasteiger partial charge is 0.367 e. The van der Waals surface area contributed by atoms with Crippen LogP contribution >= 0.6 is 0 Å². The number of piperidine rings is 1. The van der Waals surface area contributed by atoms with Crippen LogP contribution in [-0.4, -0.2) is 61.0 Å². The minimum Gasteiger partial charge on any atom is -0.367 e. The smallest absolute Gasteiger partial charge is 0.321 e. The first-order valence-corrected chi connectivity index (χ1v) is 11.2. The molecule has 166 valence electrons. The molecule has 2 aliphatic heterocycles. The minimum absolute atomic E-state index is 0.0315. The van der Waals surface area contributed by atoms with Gasteiger partial charge in [-0.1, -0.05) is 24.3 Å². The SMILES string of the molecule is Cc1cccc(NC(=O)N2CCC(C(=O)N3CCN(c4ccccc4C#N)CC3)CC2)c1. The summed E-state index contributed by atoms with van der Waals surface area (Å²) in [6.45, 7) is 5.94. The van der Waals surface area contributed by atoms with E-state index < -0.39 is 0 Å². The van der Waals surface area contributed by atoms with E-state index in [1.165, 1.54) is 0 Å². The second-order valence-electron chi connectivity index (χ2n) is 8.50. The molecular weight excluding hydrogens is 402 g/mol. The molecule has 3 amide bonds. The lowest BCUT2D eigenvalue weighted by Crippen LogP contribution is -2.52. The molecule has 2 aromatic carbocycles. The fraction of sp³-hybridized carbons (Fsp3) is 0.400. The van der Waals surface area contributed by atoms with Gasteiger partial charge in [0.15, 0.2) is 0 Å². The molecule has 2 aliphatic rings. The molecule has 32 heavy (non-hydrogen) atoms. The van der Waals surface area contributed by atoms with Crippen molar-refractivity contribution in [3.8, 4) is 6.07 Å². The highest BCUT2D eigenvalue weighted by atomic mass is 16.2. The van der Waals surface area contributed by atoms with Crippen molar-refractivity contribution in [2.75, 3.05) is 49.5 Å². The Hall–Kier alpha value is -3.53. The molecule has 0 unspecified atom stereocenters. The van der Waals surface area contributed by atoms with Crippen LogP contribution in [-0.2, 0) is 4.79 Å². The van der Waals surface area contributed by atoms with Gasteiger partial charge >= 0.3 is 6.03 Å². The van der Waals surface area contributed by atoms with Gasteiger partial charge in [0.2, 0.25) is 5.91 Å². The molecule has 0 aromatic heterocycles. The number of aryl methyl sites for hydroxylation is 1. The zero-order chi connectivity index (χ0) is 22.5. The van der Waals surface area contributed by atoms with E-state index in [9.17, 15) is 14.9 Å². The number of hydrogen-bond donors (Lipinski definition) is 1. The number of nitrogens with zero attached hydrogens (tertiary/aromatic N) is 4. The van der Waals surface area contributed by atoms with Gasteiger partial charge in [0.1, 0.15) is 6.07 Å². The summed E-state index contributed by atoms with van der Waals surface area (Å²) in [4.78, 5) is 31.6. The van der Waals surface area contributed by atoms with E-state index >= 15 is 0 Å². The lowest BCUT2D eigenvalue weighted by molar-refractivity contribution is -0.137. The first kappa shape index (κ1) is 21.7. The lowest BCUT2D eigenvalue weighted by atomic mass is 9.95. The summed E-state index contributed by atoms with van der Waals surface area (Å²) < 4.78 is 0. The van der Waals surface area contributed by atoms with Crippen LogP contribution in [0.3, 0.4) is 0 Å². The fourth-order valence-corrected chi connectivity index (χ4v) is 4.52. The van der Waals surface area contributed by atoms with Crippen molar-refractivity contribution in [1.82, 2.24) is 9.80 Å². The second kappa shape index (κ2) is 9.73. The van der Waals surface area contributed by atoms with Gasteiger partial charge in [-0.3, -0.25) is 4.79 Å². The topological polar surface area (TPSA) is 79.7 Å². The molecular formula is C25H29N5O2. The van der Waals surface area contributed by atoms with Crippen molar-refractivity contribution < 1.29 is 9.59 Å². The maximum Gasteiger partial charge on any atom is 0.321 e. The molecule has 0 saturated carbocycles. The monoisotopic (exact) mass is 431 g/mol. The fourth-order valence-electron chi connectivity index (χ4n) is 4.52. The molecule has 0 radical (unpaired) electrons.